The van der Waals surface area contributed by atoms with E-state index in [1.165, 1.54) is 4.68 Å². The molecule has 1 N–H and O–H groups in total. The second-order valence-electron chi connectivity index (χ2n) is 6.68. The summed E-state index contributed by atoms with van der Waals surface area (Å²) in [6.07, 6.45) is 3.63. The Hall–Kier alpha value is -2.93. The molecule has 0 radical (unpaired) electrons. The highest BCUT2D eigenvalue weighted by Gasteiger charge is 2.25. The number of ether oxygens (including phenoxy) is 1. The van der Waals surface area contributed by atoms with Crippen LogP contribution in [0.3, 0.4) is 0 Å². The predicted molar refractivity (Wildman–Crippen MR) is 103 cm³/mol. The van der Waals surface area contributed by atoms with Crippen LogP contribution >= 0.6 is 0 Å². The molecule has 1 fully saturated rings. The molecule has 1 aliphatic rings. The Morgan fingerprint density at radius 1 is 1.19 bits per heavy atom. The molecule has 1 aromatic carbocycles. The third-order valence-electron chi connectivity index (χ3n) is 4.92. The zero-order valence-electron chi connectivity index (χ0n) is 15.3. The number of pyridine rings is 1. The summed E-state index contributed by atoms with van der Waals surface area (Å²) in [7, 11) is 1.62. The van der Waals surface area contributed by atoms with Crippen LogP contribution in [0.2, 0.25) is 0 Å². The van der Waals surface area contributed by atoms with Crippen LogP contribution < -0.4 is 15.7 Å². The van der Waals surface area contributed by atoms with Crippen LogP contribution in [0.4, 0.5) is 0 Å². The Balaban J connectivity index is 1.76. The SMILES string of the molecule is COc1ccnc(Cn2nc(C3CCNCC3)n(-c3ccccc3)c2=O)c1. The number of nitrogens with zero attached hydrogens (tertiary/aromatic N) is 4. The van der Waals surface area contributed by atoms with Gasteiger partial charge in [-0.15, -0.1) is 0 Å². The van der Waals surface area contributed by atoms with Crippen molar-refractivity contribution in [1.29, 1.82) is 0 Å². The lowest BCUT2D eigenvalue weighted by Gasteiger charge is -2.22. The van der Waals surface area contributed by atoms with Crippen molar-refractivity contribution in [1.82, 2.24) is 24.6 Å². The van der Waals surface area contributed by atoms with Crippen LogP contribution in [0.1, 0.15) is 30.3 Å². The summed E-state index contributed by atoms with van der Waals surface area (Å²) in [4.78, 5) is 17.5. The van der Waals surface area contributed by atoms with E-state index >= 15 is 0 Å². The topological polar surface area (TPSA) is 74.0 Å². The summed E-state index contributed by atoms with van der Waals surface area (Å²) in [5.74, 6) is 1.81. The summed E-state index contributed by atoms with van der Waals surface area (Å²) in [6, 6.07) is 13.3. The minimum absolute atomic E-state index is 0.139. The van der Waals surface area contributed by atoms with E-state index in [-0.39, 0.29) is 11.6 Å². The van der Waals surface area contributed by atoms with Gasteiger partial charge in [0.25, 0.3) is 0 Å². The first-order chi connectivity index (χ1) is 13.3. The number of hydrogen-bond acceptors (Lipinski definition) is 5. The average Bonchev–Trinajstić information content (AvgIpc) is 3.05. The van der Waals surface area contributed by atoms with Crippen molar-refractivity contribution < 1.29 is 4.74 Å². The van der Waals surface area contributed by atoms with E-state index in [0.29, 0.717) is 12.3 Å². The molecule has 2 aromatic heterocycles. The average molecular weight is 365 g/mol. The number of rotatable bonds is 5. The smallest absolute Gasteiger partial charge is 0.350 e. The van der Waals surface area contributed by atoms with Gasteiger partial charge in [-0.05, 0) is 44.1 Å². The van der Waals surface area contributed by atoms with E-state index in [4.69, 9.17) is 9.84 Å². The monoisotopic (exact) mass is 365 g/mol. The normalized spacial score (nSPS) is 15.0. The number of hydrogen-bond donors (Lipinski definition) is 1. The summed E-state index contributed by atoms with van der Waals surface area (Å²) in [6.45, 7) is 2.20. The van der Waals surface area contributed by atoms with Crippen molar-refractivity contribution in [3.63, 3.8) is 0 Å². The van der Waals surface area contributed by atoms with E-state index in [9.17, 15) is 4.79 Å². The first kappa shape index (κ1) is 17.5. The molecule has 3 aromatic rings. The molecule has 0 bridgehead atoms. The summed E-state index contributed by atoms with van der Waals surface area (Å²) in [5.41, 5.74) is 1.45. The quantitative estimate of drug-likeness (QED) is 0.748. The highest BCUT2D eigenvalue weighted by atomic mass is 16.5. The van der Waals surface area contributed by atoms with Crippen molar-refractivity contribution in [2.45, 2.75) is 25.3 Å². The number of methoxy groups -OCH3 is 1. The molecule has 7 nitrogen and oxygen atoms in total. The molecule has 140 valence electrons. The van der Waals surface area contributed by atoms with Crippen LogP contribution in [-0.2, 0) is 6.54 Å². The summed E-state index contributed by atoms with van der Waals surface area (Å²) in [5, 5.41) is 8.09. The Bertz CT molecular complexity index is 958. The minimum Gasteiger partial charge on any atom is -0.497 e. The maximum absolute atomic E-state index is 13.2. The summed E-state index contributed by atoms with van der Waals surface area (Å²) < 4.78 is 8.51. The molecule has 4 rings (SSSR count). The van der Waals surface area contributed by atoms with Gasteiger partial charge < -0.3 is 10.1 Å². The number of para-hydroxylation sites is 1. The number of aromatic nitrogens is 4. The predicted octanol–water partition coefficient (Wildman–Crippen LogP) is 1.95. The number of benzene rings is 1. The first-order valence-electron chi connectivity index (χ1n) is 9.21. The fraction of sp³-hybridized carbons (Fsp3) is 0.350. The van der Waals surface area contributed by atoms with Gasteiger partial charge in [0.05, 0.1) is 25.0 Å². The largest absolute Gasteiger partial charge is 0.497 e. The van der Waals surface area contributed by atoms with E-state index < -0.39 is 0 Å². The minimum atomic E-state index is -0.139. The van der Waals surface area contributed by atoms with Gasteiger partial charge in [0.15, 0.2) is 0 Å². The standard InChI is InChI=1S/C20H23N5O2/c1-27-18-9-12-22-16(13-18)14-24-20(26)25(17-5-3-2-4-6-17)19(23-24)15-7-10-21-11-8-15/h2-6,9,12-13,15,21H,7-8,10-11,14H2,1H3. The second-order valence-corrected chi connectivity index (χ2v) is 6.68. The van der Waals surface area contributed by atoms with Crippen LogP contribution in [0.25, 0.3) is 5.69 Å². The van der Waals surface area contributed by atoms with E-state index in [1.54, 1.807) is 23.9 Å². The molecule has 0 unspecified atom stereocenters. The lowest BCUT2D eigenvalue weighted by atomic mass is 9.97. The van der Waals surface area contributed by atoms with Gasteiger partial charge in [0.2, 0.25) is 0 Å². The molecule has 0 spiro atoms. The lowest BCUT2D eigenvalue weighted by Crippen LogP contribution is -2.29. The van der Waals surface area contributed by atoms with Gasteiger partial charge in [-0.25, -0.2) is 14.0 Å². The van der Waals surface area contributed by atoms with E-state index in [0.717, 1.165) is 43.1 Å². The molecule has 3 heterocycles. The zero-order chi connectivity index (χ0) is 18.6. The van der Waals surface area contributed by atoms with Crippen LogP contribution in [0.5, 0.6) is 5.75 Å². The Morgan fingerprint density at radius 3 is 2.70 bits per heavy atom. The van der Waals surface area contributed by atoms with Crippen LogP contribution in [0, 0.1) is 0 Å². The molecule has 0 aliphatic carbocycles. The molecule has 1 aliphatic heterocycles. The third kappa shape index (κ3) is 3.64. The molecule has 27 heavy (non-hydrogen) atoms. The molecule has 0 amide bonds. The molecule has 7 heteroatoms. The van der Waals surface area contributed by atoms with Crippen LogP contribution in [-0.4, -0.2) is 39.5 Å². The third-order valence-corrected chi connectivity index (χ3v) is 4.92. The second kappa shape index (κ2) is 7.75. The van der Waals surface area contributed by atoms with Crippen LogP contribution in [0.15, 0.2) is 53.5 Å². The Morgan fingerprint density at radius 2 is 1.96 bits per heavy atom. The molecular weight excluding hydrogens is 342 g/mol. The van der Waals surface area contributed by atoms with Gasteiger partial charge in [-0.3, -0.25) is 4.98 Å². The molecule has 1 saturated heterocycles. The Labute approximate surface area is 157 Å². The van der Waals surface area contributed by atoms with E-state index in [1.807, 2.05) is 36.4 Å². The highest BCUT2D eigenvalue weighted by Crippen LogP contribution is 2.24. The summed E-state index contributed by atoms with van der Waals surface area (Å²) >= 11 is 0. The number of nitrogens with one attached hydrogen (secondary N) is 1. The fourth-order valence-corrected chi connectivity index (χ4v) is 3.51. The number of piperidine rings is 1. The molecule has 0 saturated carbocycles. The van der Waals surface area contributed by atoms with Gasteiger partial charge in [-0.2, -0.15) is 5.10 Å². The lowest BCUT2D eigenvalue weighted by molar-refractivity contribution is 0.413. The van der Waals surface area contributed by atoms with Crippen molar-refractivity contribution >= 4 is 0 Å². The molecular formula is C20H23N5O2. The van der Waals surface area contributed by atoms with E-state index in [2.05, 4.69) is 10.3 Å². The van der Waals surface area contributed by atoms with Crippen molar-refractivity contribution in [2.24, 2.45) is 0 Å². The molecule has 0 atom stereocenters. The fourth-order valence-electron chi connectivity index (χ4n) is 3.51. The van der Waals surface area contributed by atoms with Gasteiger partial charge in [0.1, 0.15) is 11.6 Å². The van der Waals surface area contributed by atoms with Crippen molar-refractivity contribution in [3.05, 3.63) is 70.7 Å². The van der Waals surface area contributed by atoms with Gasteiger partial charge in [0, 0.05) is 18.2 Å². The maximum atomic E-state index is 13.2. The van der Waals surface area contributed by atoms with Crippen molar-refractivity contribution in [3.8, 4) is 11.4 Å². The zero-order valence-corrected chi connectivity index (χ0v) is 15.3. The highest BCUT2D eigenvalue weighted by molar-refractivity contribution is 5.33. The van der Waals surface area contributed by atoms with Crippen molar-refractivity contribution in [2.75, 3.05) is 20.2 Å². The van der Waals surface area contributed by atoms with Gasteiger partial charge >= 0.3 is 5.69 Å². The Kier molecular flexibility index (Phi) is 5.02. The maximum Gasteiger partial charge on any atom is 0.350 e. The first-order valence-corrected chi connectivity index (χ1v) is 9.21. The van der Waals surface area contributed by atoms with Gasteiger partial charge in [-0.1, -0.05) is 18.2 Å².